The van der Waals surface area contributed by atoms with Gasteiger partial charge in [-0.1, -0.05) is 68.5 Å². The molecule has 3 rings (SSSR count). The minimum absolute atomic E-state index is 0.0276. The molecule has 1 unspecified atom stereocenters. The maximum atomic E-state index is 14.3. The van der Waals surface area contributed by atoms with Crippen molar-refractivity contribution in [2.45, 2.75) is 103 Å². The summed E-state index contributed by atoms with van der Waals surface area (Å²) in [6.07, 6.45) is 12.1. The third-order valence-electron chi connectivity index (χ3n) is 9.96. The van der Waals surface area contributed by atoms with Crippen LogP contribution in [0.15, 0.2) is 84.0 Å². The van der Waals surface area contributed by atoms with Gasteiger partial charge in [-0.2, -0.15) is 0 Å². The fourth-order valence-electron chi connectivity index (χ4n) is 6.37. The molecule has 0 saturated carbocycles. The van der Waals surface area contributed by atoms with E-state index in [-0.39, 0.29) is 43.8 Å². The summed E-state index contributed by atoms with van der Waals surface area (Å²) < 4.78 is 6.01. The Morgan fingerprint density at radius 1 is 1.09 bits per heavy atom. The number of aliphatic hydroxyl groups is 1. The summed E-state index contributed by atoms with van der Waals surface area (Å²) in [7, 11) is 2.84. The fourth-order valence-corrected chi connectivity index (χ4v) is 6.37. The Balaban J connectivity index is 2.07. The number of aromatic hydroxyl groups is 1. The number of carbonyl (C=O) groups is 6. The van der Waals surface area contributed by atoms with Crippen LogP contribution >= 0.6 is 0 Å². The number of benzene rings is 1. The summed E-state index contributed by atoms with van der Waals surface area (Å²) >= 11 is 0. The van der Waals surface area contributed by atoms with Crippen molar-refractivity contribution < 1.29 is 48.6 Å². The van der Waals surface area contributed by atoms with Gasteiger partial charge in [0.05, 0.1) is 19.1 Å². The molecule has 2 bridgehead atoms. The van der Waals surface area contributed by atoms with Crippen molar-refractivity contribution in [2.75, 3.05) is 20.7 Å². The first-order valence-electron chi connectivity index (χ1n) is 19.5. The first-order valence-corrected chi connectivity index (χ1v) is 19.5. The molecule has 2 heterocycles. The molecule has 58 heavy (non-hydrogen) atoms. The van der Waals surface area contributed by atoms with Gasteiger partial charge in [0.1, 0.15) is 35.8 Å². The quantitative estimate of drug-likeness (QED) is 0.101. The molecular formula is C43H59N5O10. The molecule has 4 amide bonds. The lowest BCUT2D eigenvalue weighted by Gasteiger charge is -2.36. The van der Waals surface area contributed by atoms with Gasteiger partial charge in [0, 0.05) is 38.9 Å². The normalized spacial score (nSPS) is 26.7. The smallest absolute Gasteiger partial charge is 0.325 e. The molecule has 15 nitrogen and oxygen atoms in total. The Bertz CT molecular complexity index is 1780. The van der Waals surface area contributed by atoms with Crippen LogP contribution in [-0.2, 0) is 44.8 Å². The minimum atomic E-state index is -1.29. The van der Waals surface area contributed by atoms with Gasteiger partial charge in [-0.15, -0.1) is 0 Å². The molecule has 1 aromatic rings. The number of hydroxylamine groups is 2. The molecule has 1 saturated heterocycles. The number of amides is 4. The van der Waals surface area contributed by atoms with Crippen LogP contribution in [0.5, 0.6) is 5.75 Å². The summed E-state index contributed by atoms with van der Waals surface area (Å²) in [5.41, 5.74) is 4.62. The van der Waals surface area contributed by atoms with Gasteiger partial charge in [-0.3, -0.25) is 33.8 Å². The van der Waals surface area contributed by atoms with Gasteiger partial charge in [0.25, 0.3) is 11.8 Å². The Morgan fingerprint density at radius 2 is 1.83 bits per heavy atom. The number of hydrogen-bond donors (Lipinski definition) is 5. The zero-order valence-corrected chi connectivity index (χ0v) is 34.5. The number of phenols is 1. The number of likely N-dealkylation sites (N-methyl/N-ethyl adjacent to an activating group) is 1. The van der Waals surface area contributed by atoms with Crippen LogP contribution in [0.25, 0.3) is 0 Å². The van der Waals surface area contributed by atoms with E-state index in [9.17, 15) is 39.0 Å². The molecule has 6 atom stereocenters. The summed E-state index contributed by atoms with van der Waals surface area (Å²) in [6.45, 7) is 8.49. The molecule has 0 aromatic heterocycles. The van der Waals surface area contributed by atoms with Gasteiger partial charge >= 0.3 is 5.97 Å². The van der Waals surface area contributed by atoms with Gasteiger partial charge in [0.2, 0.25) is 11.8 Å². The van der Waals surface area contributed by atoms with E-state index in [4.69, 9.17) is 9.57 Å². The highest BCUT2D eigenvalue weighted by molar-refractivity contribution is 5.93. The van der Waals surface area contributed by atoms with Crippen LogP contribution in [0, 0.1) is 11.8 Å². The zero-order chi connectivity index (χ0) is 42.9. The van der Waals surface area contributed by atoms with Crippen LogP contribution in [0.1, 0.15) is 72.3 Å². The molecule has 2 aliphatic rings. The number of esters is 1. The molecular weight excluding hydrogens is 746 g/mol. The second kappa shape index (κ2) is 23.1. The van der Waals surface area contributed by atoms with Crippen LogP contribution < -0.4 is 16.1 Å². The highest BCUT2D eigenvalue weighted by atomic mass is 16.7. The Hall–Kier alpha value is -5.38. The molecule has 316 valence electrons. The van der Waals surface area contributed by atoms with Gasteiger partial charge in [0.15, 0.2) is 0 Å². The van der Waals surface area contributed by atoms with E-state index in [1.807, 2.05) is 0 Å². The molecule has 15 heteroatoms. The number of cyclic esters (lactones) is 1. The highest BCUT2D eigenvalue weighted by Gasteiger charge is 2.37. The lowest BCUT2D eigenvalue weighted by Crippen LogP contribution is -2.62. The van der Waals surface area contributed by atoms with Gasteiger partial charge in [-0.25, -0.2) is 10.5 Å². The Labute approximate surface area is 340 Å². The second-order valence-corrected chi connectivity index (χ2v) is 14.9. The van der Waals surface area contributed by atoms with Crippen molar-refractivity contribution in [1.29, 1.82) is 0 Å². The predicted octanol–water partition coefficient (Wildman–Crippen LogP) is 3.30. The van der Waals surface area contributed by atoms with E-state index in [0.29, 0.717) is 29.6 Å². The molecule has 0 spiro atoms. The standard InChI is InChI=1S/C43H59N5O10/c1-27(2)38-41(54)44-35(26-31-17-13-18-32(50)25-31)42(55)48-24-14-19-34(46-48)43(56)58-36(28(3)16-12-21-37(51)47(6)57-7)20-11-9-8-10-15-29(4)39(52)33(40(53)45-38)23-22-30(5)49/h8-13,15-18,21,25,27,33-36,38-39,46,50,52H,14,19-20,22-24,26H2,1-7H3,(H,44,54)(H,45,53)/b10-8+,11-9+,21-12+,28-16+,29-15+/t33-,34?,35+,36+,38+,39-/m1/s1. The van der Waals surface area contributed by atoms with Crippen LogP contribution in [0.3, 0.4) is 0 Å². The van der Waals surface area contributed by atoms with Crippen LogP contribution in [0.4, 0.5) is 0 Å². The molecule has 2 aliphatic heterocycles. The number of fused-ring (bicyclic) bond motifs is 2. The number of carbonyl (C=O) groups excluding carboxylic acids is 6. The van der Waals surface area contributed by atoms with Crippen molar-refractivity contribution in [3.8, 4) is 5.75 Å². The summed E-state index contributed by atoms with van der Waals surface area (Å²) in [4.78, 5) is 85.0. The van der Waals surface area contributed by atoms with Crippen LogP contribution in [0.2, 0.25) is 0 Å². The summed E-state index contributed by atoms with van der Waals surface area (Å²) in [5.74, 6) is -4.57. The van der Waals surface area contributed by atoms with E-state index in [1.165, 1.54) is 50.4 Å². The van der Waals surface area contributed by atoms with E-state index in [1.54, 1.807) is 76.3 Å². The number of nitrogens with zero attached hydrogens (tertiary/aromatic N) is 2. The molecule has 0 radical (unpaired) electrons. The number of ketones is 1. The van der Waals surface area contributed by atoms with Crippen molar-refractivity contribution in [3.63, 3.8) is 0 Å². The topological polar surface area (TPSA) is 204 Å². The predicted molar refractivity (Wildman–Crippen MR) is 217 cm³/mol. The van der Waals surface area contributed by atoms with Gasteiger partial charge in [-0.05, 0) is 74.8 Å². The Morgan fingerprint density at radius 3 is 2.50 bits per heavy atom. The lowest BCUT2D eigenvalue weighted by atomic mass is 9.89. The average molecular weight is 806 g/mol. The first-order chi connectivity index (χ1) is 27.5. The number of Topliss-reactive ketones (excluding diaryl/α,β-unsaturated/α-hetero) is 1. The lowest BCUT2D eigenvalue weighted by molar-refractivity contribution is -0.162. The van der Waals surface area contributed by atoms with Crippen molar-refractivity contribution in [2.24, 2.45) is 11.8 Å². The number of hydrazine groups is 1. The number of rotatable bonds is 10. The number of aliphatic hydroxyl groups excluding tert-OH is 1. The Kier molecular flexibility index (Phi) is 18.7. The summed E-state index contributed by atoms with van der Waals surface area (Å²) in [5, 5.41) is 29.5. The fraction of sp³-hybridized carbons (Fsp3) is 0.488. The van der Waals surface area contributed by atoms with Crippen LogP contribution in [-0.4, -0.2) is 107 Å². The second-order valence-electron chi connectivity index (χ2n) is 14.9. The third kappa shape index (κ3) is 14.5. The summed E-state index contributed by atoms with van der Waals surface area (Å²) in [6, 6.07) is 3.03. The maximum Gasteiger partial charge on any atom is 0.325 e. The van der Waals surface area contributed by atoms with E-state index < -0.39 is 71.8 Å². The largest absolute Gasteiger partial charge is 0.508 e. The monoisotopic (exact) mass is 805 g/mol. The number of phenolic OH excluding ortho intramolecular Hbond substituents is 1. The first kappa shape index (κ1) is 47.0. The number of nitrogens with one attached hydrogen (secondary N) is 3. The zero-order valence-electron chi connectivity index (χ0n) is 34.5. The number of ether oxygens (including phenoxy) is 1. The van der Waals surface area contributed by atoms with E-state index in [2.05, 4.69) is 16.1 Å². The van der Waals surface area contributed by atoms with E-state index in [0.717, 1.165) is 5.06 Å². The van der Waals surface area contributed by atoms with Crippen molar-refractivity contribution >= 4 is 35.4 Å². The SMILES string of the molecule is CON(C)C(=O)/C=C/C=C(\C)[C@@H]1C/C=C/C=C/C=C(\C)[C@@H](O)[C@@H](CCC(C)=O)C(=O)N[C@@H](C(C)C)C(=O)N[C@@H](Cc2cccc(O)c2)C(=O)N2CCCC(N2)C(=O)O1. The molecule has 1 fully saturated rings. The van der Waals surface area contributed by atoms with Crippen molar-refractivity contribution in [1.82, 2.24) is 26.1 Å². The van der Waals surface area contributed by atoms with Gasteiger partial charge < -0.3 is 30.4 Å². The van der Waals surface area contributed by atoms with Crippen molar-refractivity contribution in [3.05, 3.63) is 89.6 Å². The molecule has 0 aliphatic carbocycles. The minimum Gasteiger partial charge on any atom is -0.508 e. The third-order valence-corrected chi connectivity index (χ3v) is 9.96. The number of hydrogen-bond acceptors (Lipinski definition) is 11. The molecule has 5 N–H and O–H groups in total. The number of allylic oxidation sites excluding steroid dienone is 6. The molecule has 1 aromatic carbocycles. The maximum absolute atomic E-state index is 14.3. The average Bonchev–Trinajstić information content (AvgIpc) is 3.18. The highest BCUT2D eigenvalue weighted by Crippen LogP contribution is 2.22. The van der Waals surface area contributed by atoms with E-state index >= 15 is 0 Å².